The van der Waals surface area contributed by atoms with Gasteiger partial charge in [-0.15, -0.1) is 0 Å². The molecular formula is C10H19NO2. The average molecular weight is 185 g/mol. The number of ether oxygens (including phenoxy) is 1. The topological polar surface area (TPSA) is 41.5 Å². The molecule has 0 bridgehead atoms. The second-order valence-corrected chi connectivity index (χ2v) is 4.45. The maximum atomic E-state index is 9.49. The molecule has 0 aromatic heterocycles. The Morgan fingerprint density at radius 1 is 1.46 bits per heavy atom. The van der Waals surface area contributed by atoms with Gasteiger partial charge in [0.1, 0.15) is 0 Å². The van der Waals surface area contributed by atoms with Crippen molar-refractivity contribution >= 4 is 0 Å². The molecule has 76 valence electrons. The monoisotopic (exact) mass is 185 g/mol. The molecule has 13 heavy (non-hydrogen) atoms. The van der Waals surface area contributed by atoms with Crippen LogP contribution in [0.15, 0.2) is 0 Å². The van der Waals surface area contributed by atoms with Crippen molar-refractivity contribution in [2.75, 3.05) is 19.8 Å². The van der Waals surface area contributed by atoms with Crippen molar-refractivity contribution in [3.63, 3.8) is 0 Å². The molecule has 2 atom stereocenters. The summed E-state index contributed by atoms with van der Waals surface area (Å²) in [6.45, 7) is 4.46. The highest BCUT2D eigenvalue weighted by Crippen LogP contribution is 2.47. The highest BCUT2D eigenvalue weighted by atomic mass is 16.5. The van der Waals surface area contributed by atoms with Gasteiger partial charge in [-0.25, -0.2) is 0 Å². The first-order chi connectivity index (χ1) is 6.26. The molecule has 1 saturated heterocycles. The first-order valence-corrected chi connectivity index (χ1v) is 5.25. The van der Waals surface area contributed by atoms with Crippen LogP contribution in [0.1, 0.15) is 26.2 Å². The van der Waals surface area contributed by atoms with Gasteiger partial charge in [-0.2, -0.15) is 0 Å². The van der Waals surface area contributed by atoms with Gasteiger partial charge in [0.15, 0.2) is 0 Å². The van der Waals surface area contributed by atoms with Gasteiger partial charge in [-0.1, -0.05) is 6.92 Å². The lowest BCUT2D eigenvalue weighted by molar-refractivity contribution is 0.121. The summed E-state index contributed by atoms with van der Waals surface area (Å²) < 4.78 is 5.18. The van der Waals surface area contributed by atoms with Crippen LogP contribution >= 0.6 is 0 Å². The quantitative estimate of drug-likeness (QED) is 0.671. The van der Waals surface area contributed by atoms with Crippen LogP contribution in [-0.4, -0.2) is 37.0 Å². The van der Waals surface area contributed by atoms with E-state index in [9.17, 15) is 5.11 Å². The Hall–Kier alpha value is -0.120. The molecule has 0 aromatic rings. The molecule has 1 heterocycles. The van der Waals surface area contributed by atoms with Crippen LogP contribution in [0.3, 0.4) is 0 Å². The van der Waals surface area contributed by atoms with Crippen LogP contribution in [0, 0.1) is 5.41 Å². The predicted octanol–water partition coefficient (Wildman–Crippen LogP) is 0.526. The van der Waals surface area contributed by atoms with Gasteiger partial charge in [0.25, 0.3) is 0 Å². The predicted molar refractivity (Wildman–Crippen MR) is 50.6 cm³/mol. The number of aliphatic hydroxyl groups excluding tert-OH is 1. The number of hydrogen-bond acceptors (Lipinski definition) is 3. The van der Waals surface area contributed by atoms with E-state index in [1.807, 2.05) is 0 Å². The van der Waals surface area contributed by atoms with E-state index in [0.717, 1.165) is 6.54 Å². The minimum atomic E-state index is -0.298. The van der Waals surface area contributed by atoms with Gasteiger partial charge < -0.3 is 15.2 Å². The van der Waals surface area contributed by atoms with Crippen molar-refractivity contribution in [3.8, 4) is 0 Å². The molecule has 2 aliphatic rings. The summed E-state index contributed by atoms with van der Waals surface area (Å²) in [7, 11) is 0. The molecule has 1 saturated carbocycles. The zero-order valence-corrected chi connectivity index (χ0v) is 8.25. The first-order valence-electron chi connectivity index (χ1n) is 5.25. The summed E-state index contributed by atoms with van der Waals surface area (Å²) in [5.74, 6) is 0. The minimum Gasteiger partial charge on any atom is -0.389 e. The van der Waals surface area contributed by atoms with E-state index in [0.29, 0.717) is 18.6 Å². The molecular weight excluding hydrogens is 166 g/mol. The Bertz CT molecular complexity index is 180. The number of rotatable bonds is 4. The molecule has 0 aromatic carbocycles. The highest BCUT2D eigenvalue weighted by molar-refractivity contribution is 4.95. The van der Waals surface area contributed by atoms with Crippen LogP contribution in [0.5, 0.6) is 0 Å². The maximum Gasteiger partial charge on any atom is 0.0948 e. The molecule has 0 radical (unpaired) electrons. The lowest BCUT2D eigenvalue weighted by atomic mass is 10.0. The van der Waals surface area contributed by atoms with Crippen LogP contribution in [0.25, 0.3) is 0 Å². The standard InChI is InChI=1S/C10H19NO2/c1-2-10(3-4-10)7-11-8-5-13-6-9(8)12/h8-9,11-12H,2-7H2,1H3. The van der Waals surface area contributed by atoms with Crippen molar-refractivity contribution in [1.82, 2.24) is 5.32 Å². The zero-order valence-electron chi connectivity index (χ0n) is 8.25. The third kappa shape index (κ3) is 2.03. The second kappa shape index (κ2) is 3.56. The SMILES string of the molecule is CCC1(CNC2COCC2O)CC1. The Kier molecular flexibility index (Phi) is 2.58. The maximum absolute atomic E-state index is 9.49. The summed E-state index contributed by atoms with van der Waals surface area (Å²) in [5.41, 5.74) is 0.558. The zero-order chi connectivity index (χ0) is 9.31. The lowest BCUT2D eigenvalue weighted by Crippen LogP contribution is -2.41. The Morgan fingerprint density at radius 2 is 2.23 bits per heavy atom. The summed E-state index contributed by atoms with van der Waals surface area (Å²) in [6.07, 6.45) is 3.65. The molecule has 0 amide bonds. The van der Waals surface area contributed by atoms with Crippen molar-refractivity contribution in [2.45, 2.75) is 38.3 Å². The Morgan fingerprint density at radius 3 is 2.69 bits per heavy atom. The Labute approximate surface area is 79.5 Å². The smallest absolute Gasteiger partial charge is 0.0948 e. The van der Waals surface area contributed by atoms with Gasteiger partial charge in [0.2, 0.25) is 0 Å². The Balaban J connectivity index is 1.73. The normalized spacial score (nSPS) is 36.5. The number of hydrogen-bond donors (Lipinski definition) is 2. The average Bonchev–Trinajstić information content (AvgIpc) is 2.82. The van der Waals surface area contributed by atoms with Crippen molar-refractivity contribution in [3.05, 3.63) is 0 Å². The summed E-state index contributed by atoms with van der Waals surface area (Å²) in [5, 5.41) is 12.9. The number of aliphatic hydroxyl groups is 1. The van der Waals surface area contributed by atoms with Crippen molar-refractivity contribution < 1.29 is 9.84 Å². The summed E-state index contributed by atoms with van der Waals surface area (Å²) in [6, 6.07) is 0.170. The van der Waals surface area contributed by atoms with Crippen LogP contribution in [0.4, 0.5) is 0 Å². The fourth-order valence-corrected chi connectivity index (χ4v) is 1.92. The molecule has 0 spiro atoms. The molecule has 2 unspecified atom stereocenters. The molecule has 2 fully saturated rings. The fourth-order valence-electron chi connectivity index (χ4n) is 1.92. The van der Waals surface area contributed by atoms with Crippen LogP contribution < -0.4 is 5.32 Å². The molecule has 3 heteroatoms. The van der Waals surface area contributed by atoms with E-state index < -0.39 is 0 Å². The van der Waals surface area contributed by atoms with E-state index >= 15 is 0 Å². The van der Waals surface area contributed by atoms with E-state index in [-0.39, 0.29) is 12.1 Å². The lowest BCUT2D eigenvalue weighted by Gasteiger charge is -2.19. The van der Waals surface area contributed by atoms with Crippen LogP contribution in [0.2, 0.25) is 0 Å². The third-order valence-corrected chi connectivity index (χ3v) is 3.50. The van der Waals surface area contributed by atoms with Crippen LogP contribution in [-0.2, 0) is 4.74 Å². The summed E-state index contributed by atoms with van der Waals surface area (Å²) >= 11 is 0. The molecule has 1 aliphatic carbocycles. The van der Waals surface area contributed by atoms with E-state index in [1.54, 1.807) is 0 Å². The largest absolute Gasteiger partial charge is 0.389 e. The molecule has 3 nitrogen and oxygen atoms in total. The second-order valence-electron chi connectivity index (χ2n) is 4.45. The third-order valence-electron chi connectivity index (χ3n) is 3.50. The van der Waals surface area contributed by atoms with Crippen molar-refractivity contribution in [1.29, 1.82) is 0 Å². The van der Waals surface area contributed by atoms with E-state index in [2.05, 4.69) is 12.2 Å². The molecule has 2 N–H and O–H groups in total. The first kappa shape index (κ1) is 9.44. The van der Waals surface area contributed by atoms with Gasteiger partial charge in [-0.3, -0.25) is 0 Å². The number of nitrogens with one attached hydrogen (secondary N) is 1. The van der Waals surface area contributed by atoms with Gasteiger partial charge in [-0.05, 0) is 24.7 Å². The van der Waals surface area contributed by atoms with Gasteiger partial charge in [0, 0.05) is 6.54 Å². The highest BCUT2D eigenvalue weighted by Gasteiger charge is 2.41. The fraction of sp³-hybridized carbons (Fsp3) is 1.00. The minimum absolute atomic E-state index is 0.170. The van der Waals surface area contributed by atoms with Gasteiger partial charge in [0.05, 0.1) is 25.4 Å². The van der Waals surface area contributed by atoms with Crippen molar-refractivity contribution in [2.24, 2.45) is 5.41 Å². The molecule has 1 aliphatic heterocycles. The van der Waals surface area contributed by atoms with E-state index in [1.165, 1.54) is 19.3 Å². The van der Waals surface area contributed by atoms with Gasteiger partial charge >= 0.3 is 0 Å². The summed E-state index contributed by atoms with van der Waals surface area (Å²) in [4.78, 5) is 0. The molecule has 2 rings (SSSR count). The van der Waals surface area contributed by atoms with E-state index in [4.69, 9.17) is 4.74 Å².